The summed E-state index contributed by atoms with van der Waals surface area (Å²) in [5.74, 6) is -1.95. The second kappa shape index (κ2) is 3.82. The Bertz CT molecular complexity index is 246. The van der Waals surface area contributed by atoms with Gasteiger partial charge in [0.1, 0.15) is 0 Å². The molecular formula is C10H16O4. The molecule has 0 heterocycles. The van der Waals surface area contributed by atoms with Gasteiger partial charge in [-0.1, -0.05) is 12.2 Å². The second-order valence-electron chi connectivity index (χ2n) is 4.39. The minimum Gasteiger partial charge on any atom is -0.481 e. The van der Waals surface area contributed by atoms with Gasteiger partial charge in [-0.25, -0.2) is 0 Å². The smallest absolute Gasteiger partial charge is 0.312 e. The molecule has 80 valence electrons. The van der Waals surface area contributed by atoms with Crippen molar-refractivity contribution in [3.05, 3.63) is 12.2 Å². The Morgan fingerprint density at radius 2 is 1.07 bits per heavy atom. The van der Waals surface area contributed by atoms with E-state index < -0.39 is 22.8 Å². The fourth-order valence-electron chi connectivity index (χ4n) is 0.559. The quantitative estimate of drug-likeness (QED) is 0.678. The van der Waals surface area contributed by atoms with Gasteiger partial charge in [-0.3, -0.25) is 9.59 Å². The van der Waals surface area contributed by atoms with E-state index >= 15 is 0 Å². The average Bonchev–Trinajstić information content (AvgIpc) is 2.01. The maximum absolute atomic E-state index is 10.7. The number of rotatable bonds is 4. The van der Waals surface area contributed by atoms with Crippen LogP contribution in [-0.4, -0.2) is 22.2 Å². The molecule has 4 heteroatoms. The molecule has 0 saturated heterocycles. The predicted octanol–water partition coefficient (Wildman–Crippen LogP) is 1.76. The van der Waals surface area contributed by atoms with Crippen molar-refractivity contribution in [2.45, 2.75) is 27.7 Å². The van der Waals surface area contributed by atoms with Crippen LogP contribution in [0.5, 0.6) is 0 Å². The molecule has 0 bridgehead atoms. The number of carboxylic acids is 2. The molecule has 0 aromatic carbocycles. The third-order valence-corrected chi connectivity index (χ3v) is 2.02. The summed E-state index contributed by atoms with van der Waals surface area (Å²) in [4.78, 5) is 21.4. The number of hydrogen-bond donors (Lipinski definition) is 2. The Kier molecular flexibility index (Phi) is 3.46. The molecular weight excluding hydrogens is 184 g/mol. The highest BCUT2D eigenvalue weighted by atomic mass is 16.4. The normalized spacial score (nSPS) is 13.1. The first kappa shape index (κ1) is 12.7. The summed E-state index contributed by atoms with van der Waals surface area (Å²) in [6.07, 6.45) is 2.81. The molecule has 4 nitrogen and oxygen atoms in total. The molecule has 0 fully saturated rings. The molecule has 0 rings (SSSR count). The van der Waals surface area contributed by atoms with Crippen LogP contribution in [-0.2, 0) is 9.59 Å². The lowest BCUT2D eigenvalue weighted by molar-refractivity contribution is -0.146. The van der Waals surface area contributed by atoms with Crippen LogP contribution in [0.25, 0.3) is 0 Å². The Labute approximate surface area is 83.2 Å². The summed E-state index contributed by atoms with van der Waals surface area (Å²) in [5.41, 5.74) is -2.07. The molecule has 0 unspecified atom stereocenters. The highest BCUT2D eigenvalue weighted by Crippen LogP contribution is 2.23. The van der Waals surface area contributed by atoms with Crippen LogP contribution in [0.3, 0.4) is 0 Å². The molecule has 0 aromatic heterocycles. The van der Waals surface area contributed by atoms with Gasteiger partial charge in [0.25, 0.3) is 0 Å². The van der Waals surface area contributed by atoms with Crippen molar-refractivity contribution < 1.29 is 19.8 Å². The van der Waals surface area contributed by atoms with Gasteiger partial charge < -0.3 is 10.2 Å². The van der Waals surface area contributed by atoms with Crippen LogP contribution in [0.2, 0.25) is 0 Å². The van der Waals surface area contributed by atoms with Crippen LogP contribution in [0, 0.1) is 10.8 Å². The number of carboxylic acid groups (broad SMARTS) is 2. The first-order valence-corrected chi connectivity index (χ1v) is 4.27. The van der Waals surface area contributed by atoms with E-state index in [9.17, 15) is 9.59 Å². The van der Waals surface area contributed by atoms with Gasteiger partial charge in [0.15, 0.2) is 0 Å². The van der Waals surface area contributed by atoms with Gasteiger partial charge in [0.05, 0.1) is 10.8 Å². The van der Waals surface area contributed by atoms with E-state index in [2.05, 4.69) is 0 Å². The van der Waals surface area contributed by atoms with Gasteiger partial charge in [0, 0.05) is 0 Å². The molecule has 0 atom stereocenters. The molecule has 0 spiro atoms. The van der Waals surface area contributed by atoms with Crippen molar-refractivity contribution in [3.8, 4) is 0 Å². The summed E-state index contributed by atoms with van der Waals surface area (Å²) >= 11 is 0. The summed E-state index contributed by atoms with van der Waals surface area (Å²) in [7, 11) is 0. The van der Waals surface area contributed by atoms with Gasteiger partial charge >= 0.3 is 11.9 Å². The van der Waals surface area contributed by atoms with E-state index in [0.29, 0.717) is 0 Å². The van der Waals surface area contributed by atoms with Crippen molar-refractivity contribution in [1.29, 1.82) is 0 Å². The van der Waals surface area contributed by atoms with E-state index in [-0.39, 0.29) is 0 Å². The predicted molar refractivity (Wildman–Crippen MR) is 52.0 cm³/mol. The Hall–Kier alpha value is -1.32. The molecule has 0 amide bonds. The van der Waals surface area contributed by atoms with E-state index in [1.54, 1.807) is 0 Å². The third-order valence-electron chi connectivity index (χ3n) is 2.02. The molecule has 0 radical (unpaired) electrons. The monoisotopic (exact) mass is 200 g/mol. The fraction of sp³-hybridized carbons (Fsp3) is 0.600. The van der Waals surface area contributed by atoms with Crippen LogP contribution < -0.4 is 0 Å². The van der Waals surface area contributed by atoms with Crippen molar-refractivity contribution in [1.82, 2.24) is 0 Å². The van der Waals surface area contributed by atoms with Crippen LogP contribution in [0.1, 0.15) is 27.7 Å². The lowest BCUT2D eigenvalue weighted by Crippen LogP contribution is -2.25. The zero-order valence-corrected chi connectivity index (χ0v) is 8.87. The topological polar surface area (TPSA) is 74.6 Å². The Morgan fingerprint density at radius 3 is 1.21 bits per heavy atom. The zero-order valence-electron chi connectivity index (χ0n) is 8.87. The maximum atomic E-state index is 10.7. The van der Waals surface area contributed by atoms with Crippen molar-refractivity contribution in [3.63, 3.8) is 0 Å². The maximum Gasteiger partial charge on any atom is 0.312 e. The number of carbonyl (C=O) groups is 2. The summed E-state index contributed by atoms with van der Waals surface area (Å²) in [5, 5.41) is 17.6. The fourth-order valence-corrected chi connectivity index (χ4v) is 0.559. The highest BCUT2D eigenvalue weighted by Gasteiger charge is 2.28. The average molecular weight is 200 g/mol. The number of aliphatic carboxylic acids is 2. The Morgan fingerprint density at radius 1 is 0.857 bits per heavy atom. The Balaban J connectivity index is 4.76. The van der Waals surface area contributed by atoms with Crippen molar-refractivity contribution in [2.24, 2.45) is 10.8 Å². The molecule has 14 heavy (non-hydrogen) atoms. The van der Waals surface area contributed by atoms with E-state index in [4.69, 9.17) is 10.2 Å². The molecule has 0 aliphatic rings. The van der Waals surface area contributed by atoms with Gasteiger partial charge in [-0.2, -0.15) is 0 Å². The standard InChI is InChI=1S/C10H16O4/c1-9(2,7(11)12)5-6-10(3,4)8(13)14/h5-6H,1-4H3,(H,11,12)(H,13,14)/b6-5+. The molecule has 2 N–H and O–H groups in total. The zero-order chi connectivity index (χ0) is 11.6. The van der Waals surface area contributed by atoms with E-state index in [1.165, 1.54) is 39.8 Å². The van der Waals surface area contributed by atoms with Crippen molar-refractivity contribution in [2.75, 3.05) is 0 Å². The largest absolute Gasteiger partial charge is 0.481 e. The summed E-state index contributed by atoms with van der Waals surface area (Å²) < 4.78 is 0. The molecule has 0 saturated carbocycles. The second-order valence-corrected chi connectivity index (χ2v) is 4.39. The molecule has 0 aliphatic carbocycles. The van der Waals surface area contributed by atoms with Crippen LogP contribution in [0.15, 0.2) is 12.2 Å². The minimum atomic E-state index is -1.04. The van der Waals surface area contributed by atoms with Gasteiger partial charge in [-0.05, 0) is 27.7 Å². The van der Waals surface area contributed by atoms with E-state index in [0.717, 1.165) is 0 Å². The highest BCUT2D eigenvalue weighted by molar-refractivity contribution is 5.78. The van der Waals surface area contributed by atoms with Gasteiger partial charge in [-0.15, -0.1) is 0 Å². The summed E-state index contributed by atoms with van der Waals surface area (Å²) in [6.45, 7) is 6.07. The lowest BCUT2D eigenvalue weighted by atomic mass is 9.86. The van der Waals surface area contributed by atoms with Crippen molar-refractivity contribution >= 4 is 11.9 Å². The van der Waals surface area contributed by atoms with E-state index in [1.807, 2.05) is 0 Å². The lowest BCUT2D eigenvalue weighted by Gasteiger charge is -2.18. The minimum absolute atomic E-state index is 0.977. The van der Waals surface area contributed by atoms with Crippen LogP contribution in [0.4, 0.5) is 0 Å². The number of hydrogen-bond acceptors (Lipinski definition) is 2. The molecule has 0 aliphatic heterocycles. The molecule has 0 aromatic rings. The van der Waals surface area contributed by atoms with Gasteiger partial charge in [0.2, 0.25) is 0 Å². The van der Waals surface area contributed by atoms with Crippen LogP contribution >= 0.6 is 0 Å². The summed E-state index contributed by atoms with van der Waals surface area (Å²) in [6, 6.07) is 0. The first-order chi connectivity index (χ1) is 6.09. The first-order valence-electron chi connectivity index (χ1n) is 4.27. The SMILES string of the molecule is CC(C)(/C=C/C(C)(C)C(=O)O)C(=O)O. The third kappa shape index (κ3) is 3.20.